The van der Waals surface area contributed by atoms with Gasteiger partial charge in [-0.25, -0.2) is 15.0 Å². The molecule has 0 spiro atoms. The number of hydrogen-bond donors (Lipinski definition) is 2. The Labute approximate surface area is 215 Å². The fourth-order valence-electron chi connectivity index (χ4n) is 4.00. The van der Waals surface area contributed by atoms with E-state index in [0.29, 0.717) is 41.4 Å². The molecule has 1 aromatic carbocycles. The SMILES string of the molecule is CC(C)OC(=O)[C@@H](C)NP(=O)(CCc1cccc2c1OCO2)CO[C@H](C)Cn1cnc2c(N)ncnc21. The minimum Gasteiger partial charge on any atom is -0.462 e. The van der Waals surface area contributed by atoms with Crippen molar-refractivity contribution in [3.05, 3.63) is 36.4 Å². The number of nitrogens with two attached hydrogens (primary N) is 1. The van der Waals surface area contributed by atoms with E-state index in [1.54, 1.807) is 27.1 Å². The summed E-state index contributed by atoms with van der Waals surface area (Å²) in [5.74, 6) is 1.15. The number of para-hydroxylation sites is 1. The fraction of sp³-hybridized carbons (Fsp3) is 0.500. The summed E-state index contributed by atoms with van der Waals surface area (Å²) in [6, 6.07) is 4.84. The highest BCUT2D eigenvalue weighted by Gasteiger charge is 2.30. The van der Waals surface area contributed by atoms with E-state index in [4.69, 9.17) is 24.7 Å². The number of aryl methyl sites for hydroxylation is 1. The van der Waals surface area contributed by atoms with Crippen molar-refractivity contribution in [2.24, 2.45) is 0 Å². The van der Waals surface area contributed by atoms with Crippen molar-refractivity contribution in [2.45, 2.75) is 58.9 Å². The molecule has 3 heterocycles. The van der Waals surface area contributed by atoms with E-state index >= 15 is 0 Å². The lowest BCUT2D eigenvalue weighted by molar-refractivity contribution is -0.148. The minimum absolute atomic E-state index is 0.0798. The Morgan fingerprint density at radius 3 is 2.81 bits per heavy atom. The molecule has 4 rings (SSSR count). The molecule has 0 fully saturated rings. The molecule has 0 saturated heterocycles. The van der Waals surface area contributed by atoms with E-state index in [2.05, 4.69) is 20.0 Å². The molecular formula is C24H33N6O6P. The third-order valence-corrected chi connectivity index (χ3v) is 8.18. The maximum Gasteiger partial charge on any atom is 0.323 e. The molecule has 1 unspecified atom stereocenters. The molecule has 3 N–H and O–H groups in total. The smallest absolute Gasteiger partial charge is 0.323 e. The van der Waals surface area contributed by atoms with Crippen LogP contribution in [0, 0.1) is 0 Å². The highest BCUT2D eigenvalue weighted by Crippen LogP contribution is 2.44. The number of nitrogens with one attached hydrogen (secondary N) is 1. The molecule has 37 heavy (non-hydrogen) atoms. The molecule has 200 valence electrons. The number of esters is 1. The number of anilines is 1. The number of benzene rings is 1. The Balaban J connectivity index is 1.45. The quantitative estimate of drug-likeness (QED) is 0.261. The van der Waals surface area contributed by atoms with Crippen molar-refractivity contribution >= 4 is 30.2 Å². The van der Waals surface area contributed by atoms with Gasteiger partial charge in [0.2, 0.25) is 6.79 Å². The molecule has 1 aliphatic rings. The highest BCUT2D eigenvalue weighted by atomic mass is 31.2. The van der Waals surface area contributed by atoms with Crippen LogP contribution in [0.5, 0.6) is 11.5 Å². The summed E-state index contributed by atoms with van der Waals surface area (Å²) >= 11 is 0. The van der Waals surface area contributed by atoms with Gasteiger partial charge in [0, 0.05) is 6.16 Å². The van der Waals surface area contributed by atoms with Gasteiger partial charge in [0.25, 0.3) is 0 Å². The van der Waals surface area contributed by atoms with Crippen molar-refractivity contribution in [3.63, 3.8) is 0 Å². The van der Waals surface area contributed by atoms with Gasteiger partial charge in [0.15, 0.2) is 30.3 Å². The molecule has 0 radical (unpaired) electrons. The first-order valence-corrected chi connectivity index (χ1v) is 14.2. The van der Waals surface area contributed by atoms with E-state index in [1.807, 2.05) is 29.7 Å². The molecule has 12 nitrogen and oxygen atoms in total. The molecule has 2 aromatic heterocycles. The summed E-state index contributed by atoms with van der Waals surface area (Å²) in [7, 11) is -3.20. The topological polar surface area (TPSA) is 153 Å². The first-order chi connectivity index (χ1) is 17.6. The second-order valence-electron chi connectivity index (χ2n) is 9.28. The van der Waals surface area contributed by atoms with E-state index in [0.717, 1.165) is 5.56 Å². The average molecular weight is 533 g/mol. The number of nitrogen functional groups attached to an aromatic ring is 1. The predicted molar refractivity (Wildman–Crippen MR) is 138 cm³/mol. The van der Waals surface area contributed by atoms with Gasteiger partial charge in [-0.3, -0.25) is 9.88 Å². The Hall–Kier alpha value is -3.21. The number of aromatic nitrogens is 4. The van der Waals surface area contributed by atoms with E-state index in [9.17, 15) is 9.36 Å². The first kappa shape index (κ1) is 26.8. The number of ether oxygens (including phenoxy) is 4. The van der Waals surface area contributed by atoms with Gasteiger partial charge in [-0.15, -0.1) is 0 Å². The van der Waals surface area contributed by atoms with Gasteiger partial charge >= 0.3 is 5.97 Å². The third-order valence-electron chi connectivity index (χ3n) is 5.81. The Kier molecular flexibility index (Phi) is 8.31. The van der Waals surface area contributed by atoms with Crippen LogP contribution in [0.3, 0.4) is 0 Å². The van der Waals surface area contributed by atoms with Crippen LogP contribution in [-0.2, 0) is 31.8 Å². The Morgan fingerprint density at radius 2 is 2.03 bits per heavy atom. The van der Waals surface area contributed by atoms with Crippen molar-refractivity contribution in [1.29, 1.82) is 0 Å². The fourth-order valence-corrected chi connectivity index (χ4v) is 6.25. The summed E-state index contributed by atoms with van der Waals surface area (Å²) < 4.78 is 38.3. The maximum absolute atomic E-state index is 14.1. The predicted octanol–water partition coefficient (Wildman–Crippen LogP) is 2.95. The van der Waals surface area contributed by atoms with Crippen molar-refractivity contribution in [2.75, 3.05) is 25.0 Å². The lowest BCUT2D eigenvalue weighted by Crippen LogP contribution is -2.36. The monoisotopic (exact) mass is 532 g/mol. The third kappa shape index (κ3) is 6.57. The van der Waals surface area contributed by atoms with Crippen LogP contribution in [-0.4, -0.2) is 63.0 Å². The number of rotatable bonds is 12. The van der Waals surface area contributed by atoms with Gasteiger partial charge in [0.05, 0.1) is 25.1 Å². The summed E-state index contributed by atoms with van der Waals surface area (Å²) in [5.41, 5.74) is 7.86. The van der Waals surface area contributed by atoms with Crippen molar-refractivity contribution in [3.8, 4) is 11.5 Å². The lowest BCUT2D eigenvalue weighted by Gasteiger charge is -2.25. The molecule has 0 bridgehead atoms. The van der Waals surface area contributed by atoms with Gasteiger partial charge in [-0.05, 0) is 45.7 Å². The molecule has 0 amide bonds. The van der Waals surface area contributed by atoms with Gasteiger partial charge in [-0.2, -0.15) is 0 Å². The first-order valence-electron chi connectivity index (χ1n) is 12.1. The number of imidazole rings is 1. The second-order valence-corrected chi connectivity index (χ2v) is 12.0. The second kappa shape index (κ2) is 11.5. The number of fused-ring (bicyclic) bond motifs is 2. The molecule has 13 heteroatoms. The number of carbonyl (C=O) groups is 1. The van der Waals surface area contributed by atoms with Gasteiger partial charge in [-0.1, -0.05) is 12.1 Å². The zero-order valence-electron chi connectivity index (χ0n) is 21.4. The van der Waals surface area contributed by atoms with Gasteiger partial charge in [0.1, 0.15) is 24.2 Å². The molecule has 1 aliphatic heterocycles. The summed E-state index contributed by atoms with van der Waals surface area (Å²) in [6.45, 7) is 7.61. The molecule has 0 aliphatic carbocycles. The lowest BCUT2D eigenvalue weighted by atomic mass is 10.1. The van der Waals surface area contributed by atoms with Crippen LogP contribution >= 0.6 is 7.29 Å². The number of carbonyl (C=O) groups excluding carboxylic acids is 1. The van der Waals surface area contributed by atoms with E-state index in [-0.39, 0.29) is 31.5 Å². The number of nitrogens with zero attached hydrogens (tertiary/aromatic N) is 4. The summed E-state index contributed by atoms with van der Waals surface area (Å²) in [4.78, 5) is 24.9. The van der Waals surface area contributed by atoms with Crippen LogP contribution in [0.15, 0.2) is 30.9 Å². The molecule has 0 saturated carbocycles. The normalized spacial score (nSPS) is 16.0. The minimum atomic E-state index is -3.20. The summed E-state index contributed by atoms with van der Waals surface area (Å²) in [6.07, 6.45) is 3.00. The van der Waals surface area contributed by atoms with E-state index in [1.165, 1.54) is 6.33 Å². The van der Waals surface area contributed by atoms with Crippen LogP contribution in [0.4, 0.5) is 5.82 Å². The number of hydrogen-bond acceptors (Lipinski definition) is 10. The zero-order valence-corrected chi connectivity index (χ0v) is 22.3. The highest BCUT2D eigenvalue weighted by molar-refractivity contribution is 7.61. The van der Waals surface area contributed by atoms with Crippen LogP contribution in [0.2, 0.25) is 0 Å². The zero-order chi connectivity index (χ0) is 26.6. The van der Waals surface area contributed by atoms with Crippen molar-refractivity contribution in [1.82, 2.24) is 24.6 Å². The van der Waals surface area contributed by atoms with Crippen LogP contribution in [0.25, 0.3) is 11.2 Å². The Morgan fingerprint density at radius 1 is 1.22 bits per heavy atom. The molecule has 3 atom stereocenters. The summed E-state index contributed by atoms with van der Waals surface area (Å²) in [5, 5.41) is 3.02. The Bertz CT molecular complexity index is 1300. The van der Waals surface area contributed by atoms with Crippen LogP contribution in [0.1, 0.15) is 33.3 Å². The maximum atomic E-state index is 14.1. The van der Waals surface area contributed by atoms with Gasteiger partial charge < -0.3 is 33.8 Å². The van der Waals surface area contributed by atoms with Crippen molar-refractivity contribution < 1.29 is 28.3 Å². The largest absolute Gasteiger partial charge is 0.462 e. The van der Waals surface area contributed by atoms with E-state index < -0.39 is 19.3 Å². The average Bonchev–Trinajstić information content (AvgIpc) is 3.49. The molecular weight excluding hydrogens is 499 g/mol. The standard InChI is InChI=1S/C24H33N6O6P/c1-15(2)36-24(31)17(4)29-37(32,9-8-18-6-5-7-19-21(18)34-13-33-19)14-35-16(3)10-30-12-28-20-22(25)26-11-27-23(20)30/h5-7,11-12,15-17H,8-10,13-14H2,1-4H3,(H,29,32)(H2,25,26,27)/t16-,17-,37?/m1/s1. The van der Waals surface area contributed by atoms with Crippen LogP contribution < -0.4 is 20.3 Å². The molecule has 3 aromatic rings.